The normalized spacial score (nSPS) is 24.6. The molecular formula is C25H39N3O4S. The van der Waals surface area contributed by atoms with Crippen LogP contribution in [0, 0.1) is 23.7 Å². The van der Waals surface area contributed by atoms with Crippen molar-refractivity contribution in [2.45, 2.75) is 38.5 Å². The van der Waals surface area contributed by atoms with Gasteiger partial charge in [0.2, 0.25) is 15.9 Å². The molecule has 1 aliphatic carbocycles. The molecule has 3 rings (SSSR count). The molecule has 1 amide bonds. The van der Waals surface area contributed by atoms with Crippen molar-refractivity contribution < 1.29 is 17.9 Å². The monoisotopic (exact) mass is 477 g/mol. The van der Waals surface area contributed by atoms with Crippen LogP contribution in [0.3, 0.4) is 0 Å². The van der Waals surface area contributed by atoms with E-state index in [1.807, 2.05) is 4.90 Å². The van der Waals surface area contributed by atoms with Gasteiger partial charge in [0.15, 0.2) is 0 Å². The summed E-state index contributed by atoms with van der Waals surface area (Å²) in [6, 6.07) is 6.42. The number of ether oxygens (including phenoxy) is 1. The van der Waals surface area contributed by atoms with Crippen LogP contribution in [0.2, 0.25) is 0 Å². The lowest BCUT2D eigenvalue weighted by Crippen LogP contribution is -2.47. The highest BCUT2D eigenvalue weighted by Crippen LogP contribution is 2.39. The molecule has 1 aliphatic heterocycles. The maximum absolute atomic E-state index is 12.9. The van der Waals surface area contributed by atoms with Crippen LogP contribution in [-0.2, 0) is 14.8 Å². The van der Waals surface area contributed by atoms with E-state index in [0.29, 0.717) is 30.6 Å². The summed E-state index contributed by atoms with van der Waals surface area (Å²) in [7, 11) is 0.0401. The van der Waals surface area contributed by atoms with Gasteiger partial charge >= 0.3 is 0 Å². The van der Waals surface area contributed by atoms with Crippen molar-refractivity contribution in [3.05, 3.63) is 35.9 Å². The molecule has 0 radical (unpaired) electrons. The van der Waals surface area contributed by atoms with E-state index in [0.717, 1.165) is 32.6 Å². The third-order valence-corrected chi connectivity index (χ3v) is 8.68. The first kappa shape index (κ1) is 25.7. The van der Waals surface area contributed by atoms with Gasteiger partial charge in [-0.1, -0.05) is 25.5 Å². The lowest BCUT2D eigenvalue weighted by Gasteiger charge is -2.38. The van der Waals surface area contributed by atoms with Gasteiger partial charge in [0.25, 0.3) is 0 Å². The smallest absolute Gasteiger partial charge is 0.240 e. The molecule has 0 saturated carbocycles. The highest BCUT2D eigenvalue weighted by Gasteiger charge is 2.34. The number of carbonyl (C=O) groups excluding carboxylic acids is 1. The Balaban J connectivity index is 1.65. The molecule has 2 aliphatic rings. The largest absolute Gasteiger partial charge is 0.497 e. The Bertz CT molecular complexity index is 935. The molecule has 0 unspecified atom stereocenters. The minimum absolute atomic E-state index is 0.105. The summed E-state index contributed by atoms with van der Waals surface area (Å²) in [5, 5.41) is 0. The van der Waals surface area contributed by atoms with Crippen molar-refractivity contribution in [2.24, 2.45) is 23.7 Å². The van der Waals surface area contributed by atoms with E-state index < -0.39 is 10.0 Å². The first-order valence-corrected chi connectivity index (χ1v) is 13.4. The van der Waals surface area contributed by atoms with E-state index >= 15 is 0 Å². The number of nitrogens with zero attached hydrogens (tertiary/aromatic N) is 2. The Morgan fingerprint density at radius 1 is 1.15 bits per heavy atom. The number of methoxy groups -OCH3 is 1. The minimum Gasteiger partial charge on any atom is -0.497 e. The van der Waals surface area contributed by atoms with E-state index in [1.54, 1.807) is 31.4 Å². The fraction of sp³-hybridized carbons (Fsp3) is 0.640. The van der Waals surface area contributed by atoms with Gasteiger partial charge in [-0.3, -0.25) is 4.79 Å². The second kappa shape index (κ2) is 11.0. The lowest BCUT2D eigenvalue weighted by molar-refractivity contribution is -0.133. The van der Waals surface area contributed by atoms with Crippen LogP contribution in [-0.4, -0.2) is 71.0 Å². The third kappa shape index (κ3) is 6.58. The first-order chi connectivity index (χ1) is 15.6. The first-order valence-electron chi connectivity index (χ1n) is 11.9. The van der Waals surface area contributed by atoms with Crippen molar-refractivity contribution in [1.29, 1.82) is 0 Å². The number of hydrogen-bond acceptors (Lipinski definition) is 5. The van der Waals surface area contributed by atoms with Gasteiger partial charge in [-0.15, -0.1) is 0 Å². The van der Waals surface area contributed by atoms with Crippen molar-refractivity contribution in [2.75, 3.05) is 46.9 Å². The van der Waals surface area contributed by atoms with E-state index in [9.17, 15) is 13.2 Å². The molecule has 0 bridgehead atoms. The highest BCUT2D eigenvalue weighted by atomic mass is 32.2. The Morgan fingerprint density at radius 2 is 1.79 bits per heavy atom. The van der Waals surface area contributed by atoms with E-state index in [-0.39, 0.29) is 22.6 Å². The minimum atomic E-state index is -3.60. The van der Waals surface area contributed by atoms with Crippen LogP contribution >= 0.6 is 0 Å². The van der Waals surface area contributed by atoms with Crippen LogP contribution in [0.5, 0.6) is 5.75 Å². The molecule has 1 N–H and O–H groups in total. The average molecular weight is 478 g/mol. The summed E-state index contributed by atoms with van der Waals surface area (Å²) in [6.45, 7) is 10.3. The predicted molar refractivity (Wildman–Crippen MR) is 131 cm³/mol. The molecule has 3 atom stereocenters. The van der Waals surface area contributed by atoms with E-state index in [2.05, 4.69) is 43.5 Å². The summed E-state index contributed by atoms with van der Waals surface area (Å²) >= 11 is 0. The summed E-state index contributed by atoms with van der Waals surface area (Å²) < 4.78 is 33.6. The van der Waals surface area contributed by atoms with Crippen LogP contribution in [0.25, 0.3) is 0 Å². The average Bonchev–Trinajstić information content (AvgIpc) is 2.79. The standard InChI is InChI=1S/C25H39N3O4S/c1-18(2)24-15-20(16-25(29)28-12-10-27(4)11-13-28)19(3)14-21(24)17-26-33(30,31)23-8-6-22(32-5)7-9-23/h6-9,14,18,20-21,24,26H,10-13,15-17H2,1-5H3/t20-,21-,24-/m0/s1. The maximum Gasteiger partial charge on any atom is 0.240 e. The zero-order chi connectivity index (χ0) is 24.2. The van der Waals surface area contributed by atoms with Gasteiger partial charge in [-0.05, 0) is 68.3 Å². The zero-order valence-corrected chi connectivity index (χ0v) is 21.4. The number of rotatable bonds is 8. The second-order valence-corrected chi connectivity index (χ2v) is 11.6. The van der Waals surface area contributed by atoms with Crippen LogP contribution < -0.4 is 9.46 Å². The Kier molecular flexibility index (Phi) is 8.59. The number of amides is 1. The number of nitrogens with one attached hydrogen (secondary N) is 1. The lowest BCUT2D eigenvalue weighted by atomic mass is 9.70. The Labute approximate surface area is 199 Å². The van der Waals surface area contributed by atoms with Crippen LogP contribution in [0.1, 0.15) is 33.6 Å². The summed E-state index contributed by atoms with van der Waals surface area (Å²) in [5.41, 5.74) is 1.20. The van der Waals surface area contributed by atoms with Crippen LogP contribution in [0.15, 0.2) is 40.8 Å². The summed E-state index contributed by atoms with van der Waals surface area (Å²) in [4.78, 5) is 17.4. The second-order valence-electron chi connectivity index (χ2n) is 9.83. The van der Waals surface area contributed by atoms with Crippen molar-refractivity contribution >= 4 is 15.9 Å². The van der Waals surface area contributed by atoms with Gasteiger partial charge in [0.05, 0.1) is 12.0 Å². The van der Waals surface area contributed by atoms with Gasteiger partial charge in [0, 0.05) is 39.1 Å². The predicted octanol–water partition coefficient (Wildman–Crippen LogP) is 2.99. The zero-order valence-electron chi connectivity index (χ0n) is 20.6. The van der Waals surface area contributed by atoms with Gasteiger partial charge in [-0.25, -0.2) is 13.1 Å². The van der Waals surface area contributed by atoms with Crippen LogP contribution in [0.4, 0.5) is 0 Å². The van der Waals surface area contributed by atoms with E-state index in [1.165, 1.54) is 5.57 Å². The number of hydrogen-bond donors (Lipinski definition) is 1. The summed E-state index contributed by atoms with van der Waals surface area (Å²) in [6.07, 6.45) is 3.65. The van der Waals surface area contributed by atoms with E-state index in [4.69, 9.17) is 4.74 Å². The number of piperazine rings is 1. The quantitative estimate of drug-likeness (QED) is 0.583. The third-order valence-electron chi connectivity index (χ3n) is 7.24. The molecule has 1 saturated heterocycles. The fourth-order valence-corrected chi connectivity index (χ4v) is 6.02. The Morgan fingerprint density at radius 3 is 2.36 bits per heavy atom. The number of allylic oxidation sites excluding steroid dienone is 1. The number of carbonyl (C=O) groups is 1. The molecule has 1 heterocycles. The van der Waals surface area contributed by atoms with Crippen molar-refractivity contribution in [3.63, 3.8) is 0 Å². The highest BCUT2D eigenvalue weighted by molar-refractivity contribution is 7.89. The fourth-order valence-electron chi connectivity index (χ4n) is 4.95. The SMILES string of the molecule is COc1ccc(S(=O)(=O)NC[C@@H]2C=C(C)[C@H](CC(=O)N3CCN(C)CC3)C[C@H]2C(C)C)cc1. The number of likely N-dealkylation sites (N-methyl/N-ethyl adjacent to an activating group) is 1. The molecule has 0 spiro atoms. The molecular weight excluding hydrogens is 438 g/mol. The molecule has 1 fully saturated rings. The molecule has 7 nitrogen and oxygen atoms in total. The van der Waals surface area contributed by atoms with Gasteiger partial charge in [0.1, 0.15) is 5.75 Å². The molecule has 33 heavy (non-hydrogen) atoms. The maximum atomic E-state index is 12.9. The number of sulfonamides is 1. The van der Waals surface area contributed by atoms with Crippen molar-refractivity contribution in [1.82, 2.24) is 14.5 Å². The topological polar surface area (TPSA) is 78.9 Å². The molecule has 1 aromatic rings. The number of benzene rings is 1. The van der Waals surface area contributed by atoms with Crippen molar-refractivity contribution in [3.8, 4) is 5.75 Å². The molecule has 1 aromatic carbocycles. The summed E-state index contributed by atoms with van der Waals surface area (Å²) in [5.74, 6) is 1.90. The van der Waals surface area contributed by atoms with Gasteiger partial charge < -0.3 is 14.5 Å². The molecule has 184 valence electrons. The Hall–Kier alpha value is -1.90. The molecule has 8 heteroatoms. The van der Waals surface area contributed by atoms with Gasteiger partial charge in [-0.2, -0.15) is 0 Å². The molecule has 0 aromatic heterocycles.